The smallest absolute Gasteiger partial charge is 0.350 e. The van der Waals surface area contributed by atoms with Gasteiger partial charge in [-0.25, -0.2) is 9.78 Å². The predicted molar refractivity (Wildman–Crippen MR) is 81.9 cm³/mol. The maximum absolute atomic E-state index is 12.3. The molecule has 1 aromatic rings. The number of aliphatic carboxylic acids is 1. The van der Waals surface area contributed by atoms with Gasteiger partial charge in [0.05, 0.1) is 12.3 Å². The third-order valence-corrected chi connectivity index (χ3v) is 4.95. The van der Waals surface area contributed by atoms with Crippen LogP contribution in [0.1, 0.15) is 48.0 Å². The first kappa shape index (κ1) is 17.4. The van der Waals surface area contributed by atoms with E-state index in [4.69, 9.17) is 4.74 Å². The van der Waals surface area contributed by atoms with E-state index in [1.807, 2.05) is 0 Å². The van der Waals surface area contributed by atoms with Crippen molar-refractivity contribution >= 4 is 34.3 Å². The Kier molecular flexibility index (Phi) is 5.70. The lowest BCUT2D eigenvalue weighted by molar-refractivity contribution is -0.313. The van der Waals surface area contributed by atoms with Gasteiger partial charge in [-0.3, -0.25) is 4.79 Å². The quantitative estimate of drug-likeness (QED) is 0.805. The number of thiazole rings is 1. The molecule has 0 aliphatic heterocycles. The minimum Gasteiger partial charge on any atom is -0.550 e. The monoisotopic (exact) mass is 339 g/mol. The summed E-state index contributed by atoms with van der Waals surface area (Å²) in [4.78, 5) is 39.8. The summed E-state index contributed by atoms with van der Waals surface area (Å²) in [6.07, 6.45) is 2.56. The highest BCUT2D eigenvalue weighted by Crippen LogP contribution is 2.31. The molecule has 1 fully saturated rings. The summed E-state index contributed by atoms with van der Waals surface area (Å²) < 4.78 is 4.92. The number of carbonyl (C=O) groups excluding carboxylic acids is 3. The third-order valence-electron chi connectivity index (χ3n) is 3.89. The van der Waals surface area contributed by atoms with E-state index in [0.717, 1.165) is 24.2 Å². The molecule has 0 aromatic carbocycles. The van der Waals surface area contributed by atoms with Crippen LogP contribution >= 0.6 is 11.3 Å². The van der Waals surface area contributed by atoms with Crippen LogP contribution in [0.25, 0.3) is 0 Å². The number of hydrogen-bond donors (Lipinski definition) is 1. The summed E-state index contributed by atoms with van der Waals surface area (Å²) in [5.74, 6) is -3.44. The molecule has 0 radical (unpaired) electrons. The Morgan fingerprint density at radius 2 is 1.96 bits per heavy atom. The number of amides is 1. The van der Waals surface area contributed by atoms with E-state index < -0.39 is 23.8 Å². The number of nitrogens with zero attached hydrogens (tertiary/aromatic N) is 1. The number of ether oxygens (including phenoxy) is 1. The molecule has 1 N–H and O–H groups in total. The van der Waals surface area contributed by atoms with E-state index in [9.17, 15) is 19.5 Å². The molecule has 2 rings (SSSR count). The Labute approximate surface area is 138 Å². The Hall–Kier alpha value is -1.96. The number of hydrogen-bond acceptors (Lipinski definition) is 7. The van der Waals surface area contributed by atoms with E-state index >= 15 is 0 Å². The fourth-order valence-corrected chi connectivity index (χ4v) is 3.62. The van der Waals surface area contributed by atoms with Crippen LogP contribution in [-0.2, 0) is 14.3 Å². The number of aryl methyl sites for hydroxylation is 1. The zero-order valence-corrected chi connectivity index (χ0v) is 13.9. The Bertz CT molecular complexity index is 613. The lowest BCUT2D eigenvalue weighted by atomic mass is 9.79. The van der Waals surface area contributed by atoms with Crippen LogP contribution in [0.5, 0.6) is 0 Å². The Morgan fingerprint density at radius 3 is 2.57 bits per heavy atom. The first-order valence-electron chi connectivity index (χ1n) is 7.60. The van der Waals surface area contributed by atoms with Crippen molar-refractivity contribution in [2.24, 2.45) is 11.8 Å². The molecule has 1 aliphatic carbocycles. The molecule has 0 spiro atoms. The predicted octanol–water partition coefficient (Wildman–Crippen LogP) is 1.12. The van der Waals surface area contributed by atoms with Gasteiger partial charge in [0, 0.05) is 17.8 Å². The molecule has 126 valence electrons. The highest BCUT2D eigenvalue weighted by atomic mass is 32.1. The minimum atomic E-state index is -1.19. The molecule has 1 saturated carbocycles. The largest absolute Gasteiger partial charge is 0.550 e. The van der Waals surface area contributed by atoms with Gasteiger partial charge in [0.25, 0.3) is 0 Å². The molecular weight excluding hydrogens is 320 g/mol. The normalized spacial score (nSPS) is 20.8. The summed E-state index contributed by atoms with van der Waals surface area (Å²) in [5, 5.41) is 14.1. The summed E-state index contributed by atoms with van der Waals surface area (Å²) in [5.41, 5.74) is 0.476. The molecule has 1 aromatic heterocycles. The second kappa shape index (κ2) is 7.54. The summed E-state index contributed by atoms with van der Waals surface area (Å²) in [6.45, 7) is 3.62. The summed E-state index contributed by atoms with van der Waals surface area (Å²) in [7, 11) is 0. The second-order valence-electron chi connectivity index (χ2n) is 5.46. The molecule has 0 saturated heterocycles. The molecule has 1 aliphatic rings. The van der Waals surface area contributed by atoms with Gasteiger partial charge in [-0.2, -0.15) is 0 Å². The van der Waals surface area contributed by atoms with E-state index in [1.165, 1.54) is 0 Å². The van der Waals surface area contributed by atoms with E-state index in [1.54, 1.807) is 13.8 Å². The van der Waals surface area contributed by atoms with E-state index in [2.05, 4.69) is 10.3 Å². The van der Waals surface area contributed by atoms with E-state index in [-0.39, 0.29) is 17.6 Å². The first-order valence-corrected chi connectivity index (χ1v) is 8.42. The van der Waals surface area contributed by atoms with Gasteiger partial charge in [0.2, 0.25) is 5.91 Å². The Balaban J connectivity index is 2.09. The molecule has 1 heterocycles. The van der Waals surface area contributed by atoms with Crippen LogP contribution in [0, 0.1) is 18.8 Å². The molecule has 1 amide bonds. The number of nitrogens with one attached hydrogen (secondary N) is 1. The van der Waals surface area contributed by atoms with Gasteiger partial charge in [-0.05, 0) is 26.7 Å². The molecule has 0 unspecified atom stereocenters. The summed E-state index contributed by atoms with van der Waals surface area (Å²) >= 11 is 1.03. The number of carboxylic acids is 1. The maximum Gasteiger partial charge on any atom is 0.350 e. The van der Waals surface area contributed by atoms with Crippen LogP contribution in [0.3, 0.4) is 0 Å². The fraction of sp³-hybridized carbons (Fsp3) is 0.600. The van der Waals surface area contributed by atoms with Gasteiger partial charge in [0.1, 0.15) is 4.88 Å². The zero-order valence-electron chi connectivity index (χ0n) is 13.1. The van der Waals surface area contributed by atoms with Gasteiger partial charge in [0.15, 0.2) is 5.13 Å². The first-order chi connectivity index (χ1) is 10.9. The highest BCUT2D eigenvalue weighted by Gasteiger charge is 2.32. The van der Waals surface area contributed by atoms with Gasteiger partial charge in [-0.15, -0.1) is 0 Å². The third kappa shape index (κ3) is 4.07. The van der Waals surface area contributed by atoms with Crippen LogP contribution in [0.2, 0.25) is 0 Å². The SMILES string of the molecule is CCOC(=O)c1sc(NC(=O)[C@@H]2CCCC[C@H]2C(=O)[O-])nc1C. The van der Waals surface area contributed by atoms with Crippen molar-refractivity contribution in [3.63, 3.8) is 0 Å². The maximum atomic E-state index is 12.3. The number of anilines is 1. The van der Waals surface area contributed by atoms with Crippen molar-refractivity contribution < 1.29 is 24.2 Å². The molecule has 7 nitrogen and oxygen atoms in total. The summed E-state index contributed by atoms with van der Waals surface area (Å²) in [6, 6.07) is 0. The van der Waals surface area contributed by atoms with Crippen molar-refractivity contribution in [3.8, 4) is 0 Å². The van der Waals surface area contributed by atoms with Crippen molar-refractivity contribution in [1.82, 2.24) is 4.98 Å². The van der Waals surface area contributed by atoms with Gasteiger partial charge >= 0.3 is 5.97 Å². The number of carboxylic acid groups (broad SMARTS) is 1. The average Bonchev–Trinajstić information content (AvgIpc) is 2.88. The van der Waals surface area contributed by atoms with Crippen molar-refractivity contribution in [1.29, 1.82) is 0 Å². The van der Waals surface area contributed by atoms with E-state index in [0.29, 0.717) is 23.4 Å². The van der Waals surface area contributed by atoms with Crippen LogP contribution in [0.4, 0.5) is 5.13 Å². The molecule has 0 bridgehead atoms. The number of esters is 1. The Morgan fingerprint density at radius 1 is 1.30 bits per heavy atom. The lowest BCUT2D eigenvalue weighted by Crippen LogP contribution is -2.42. The molecule has 2 atom stereocenters. The standard InChI is InChI=1S/C15H20N2O5S/c1-3-22-14(21)11-8(2)16-15(23-11)17-12(18)9-6-4-5-7-10(9)13(19)20/h9-10H,3-7H2,1-2H3,(H,19,20)(H,16,17,18)/p-1/t9-,10-/m1/s1. The van der Waals surface area contributed by atoms with Crippen molar-refractivity contribution in [3.05, 3.63) is 10.6 Å². The fourth-order valence-electron chi connectivity index (χ4n) is 2.76. The topological polar surface area (TPSA) is 108 Å². The minimum absolute atomic E-state index is 0.257. The second-order valence-corrected chi connectivity index (χ2v) is 6.46. The van der Waals surface area contributed by atoms with Crippen molar-refractivity contribution in [2.75, 3.05) is 11.9 Å². The number of aromatic nitrogens is 1. The van der Waals surface area contributed by atoms with Crippen molar-refractivity contribution in [2.45, 2.75) is 39.5 Å². The number of carbonyl (C=O) groups is 3. The van der Waals surface area contributed by atoms with Crippen LogP contribution in [0.15, 0.2) is 0 Å². The van der Waals surface area contributed by atoms with Gasteiger partial charge < -0.3 is 20.0 Å². The number of rotatable bonds is 5. The zero-order chi connectivity index (χ0) is 17.0. The average molecular weight is 339 g/mol. The molecular formula is C15H19N2O5S-. The lowest BCUT2D eigenvalue weighted by Gasteiger charge is -2.30. The molecule has 8 heteroatoms. The van der Waals surface area contributed by atoms with Gasteiger partial charge in [-0.1, -0.05) is 24.2 Å². The van der Waals surface area contributed by atoms with Crippen LogP contribution < -0.4 is 10.4 Å². The highest BCUT2D eigenvalue weighted by molar-refractivity contribution is 7.17. The molecule has 23 heavy (non-hydrogen) atoms. The van der Waals surface area contributed by atoms with Crippen LogP contribution in [-0.4, -0.2) is 29.4 Å².